The van der Waals surface area contributed by atoms with Crippen molar-refractivity contribution in [1.29, 1.82) is 0 Å². The molecule has 2 amide bonds. The lowest BCUT2D eigenvalue weighted by Gasteiger charge is -2.13. The average molecular weight is 412 g/mol. The smallest absolute Gasteiger partial charge is 0.293 e. The monoisotopic (exact) mass is 410 g/mol. The van der Waals surface area contributed by atoms with Crippen LogP contribution < -0.4 is 16.2 Å². The van der Waals surface area contributed by atoms with Crippen LogP contribution in [0.15, 0.2) is 53.0 Å². The molecule has 5 nitrogen and oxygen atoms in total. The van der Waals surface area contributed by atoms with Gasteiger partial charge in [0.1, 0.15) is 6.04 Å². The lowest BCUT2D eigenvalue weighted by Crippen LogP contribution is -2.87. The largest absolute Gasteiger partial charge is 0.332 e. The fourth-order valence-corrected chi connectivity index (χ4v) is 2.92. The summed E-state index contributed by atoms with van der Waals surface area (Å²) in [5.41, 5.74) is 6.22. The first kappa shape index (κ1) is 18.4. The molecule has 0 fully saturated rings. The molecule has 0 radical (unpaired) electrons. The number of quaternary nitrogens is 1. The molecular weight excluding hydrogens is 394 g/mol. The van der Waals surface area contributed by atoms with Gasteiger partial charge in [0.25, 0.3) is 11.8 Å². The van der Waals surface area contributed by atoms with E-state index in [1.807, 2.05) is 42.6 Å². The van der Waals surface area contributed by atoms with E-state index in [-0.39, 0.29) is 24.4 Å². The highest BCUT2D eigenvalue weighted by Gasteiger charge is 2.15. The number of rotatable bonds is 5. The Kier molecular flexibility index (Phi) is 6.78. The van der Waals surface area contributed by atoms with Crippen LogP contribution in [0.2, 0.25) is 5.02 Å². The van der Waals surface area contributed by atoms with Gasteiger partial charge in [-0.3, -0.25) is 20.4 Å². The summed E-state index contributed by atoms with van der Waals surface area (Å²) in [6.45, 7) is 2.14. The normalized spacial score (nSPS) is 11.6. The summed E-state index contributed by atoms with van der Waals surface area (Å²) < 4.78 is 0.663. The molecule has 24 heavy (non-hydrogen) atoms. The summed E-state index contributed by atoms with van der Waals surface area (Å²) in [6.07, 6.45) is 0. The van der Waals surface area contributed by atoms with Gasteiger partial charge in [-0.2, -0.15) is 0 Å². The molecule has 2 aromatic rings. The molecule has 126 valence electrons. The quantitative estimate of drug-likeness (QED) is 0.660. The van der Waals surface area contributed by atoms with Crippen LogP contribution in [0.25, 0.3) is 0 Å². The lowest BCUT2D eigenvalue weighted by molar-refractivity contribution is -0.682. The van der Waals surface area contributed by atoms with E-state index in [1.54, 1.807) is 18.2 Å². The van der Waals surface area contributed by atoms with Gasteiger partial charge < -0.3 is 5.32 Å². The number of hydrogen-bond donors (Lipinski definition) is 3. The zero-order valence-corrected chi connectivity index (χ0v) is 15.4. The summed E-state index contributed by atoms with van der Waals surface area (Å²) >= 11 is 9.43. The fourth-order valence-electron chi connectivity index (χ4n) is 2.15. The molecule has 0 saturated heterocycles. The maximum atomic E-state index is 12.0. The zero-order chi connectivity index (χ0) is 17.5. The summed E-state index contributed by atoms with van der Waals surface area (Å²) in [5.74, 6) is -0.677. The number of carbonyl (C=O) groups excluding carboxylic acids is 2. The summed E-state index contributed by atoms with van der Waals surface area (Å²) in [7, 11) is 0. The molecule has 0 spiro atoms. The van der Waals surface area contributed by atoms with Crippen molar-refractivity contribution in [3.63, 3.8) is 0 Å². The summed E-state index contributed by atoms with van der Waals surface area (Å²) in [6, 6.07) is 14.5. The number of halogens is 2. The van der Waals surface area contributed by atoms with E-state index in [4.69, 9.17) is 11.6 Å². The molecule has 2 aromatic carbocycles. The molecule has 2 rings (SSSR count). The van der Waals surface area contributed by atoms with Crippen molar-refractivity contribution in [3.8, 4) is 0 Å². The van der Waals surface area contributed by atoms with Gasteiger partial charge in [-0.05, 0) is 41.1 Å². The van der Waals surface area contributed by atoms with E-state index in [9.17, 15) is 9.59 Å². The van der Waals surface area contributed by atoms with Crippen molar-refractivity contribution < 1.29 is 14.9 Å². The number of hydrogen-bond acceptors (Lipinski definition) is 2. The molecular formula is C17H18BrClN3O2+. The topological polar surface area (TPSA) is 74.8 Å². The van der Waals surface area contributed by atoms with E-state index < -0.39 is 0 Å². The first-order valence-corrected chi connectivity index (χ1v) is 8.57. The van der Waals surface area contributed by atoms with E-state index in [0.717, 1.165) is 5.56 Å². The second-order valence-corrected chi connectivity index (χ2v) is 6.49. The molecule has 7 heteroatoms. The fraction of sp³-hybridized carbons (Fsp3) is 0.176. The highest BCUT2D eigenvalue weighted by molar-refractivity contribution is 9.10. The SMILES string of the molecule is C[C@@H]([NH2+]CC(=O)NNC(=O)c1ccccc1Br)c1ccccc1Cl. The average Bonchev–Trinajstić information content (AvgIpc) is 2.58. The Morgan fingerprint density at radius 2 is 1.79 bits per heavy atom. The minimum Gasteiger partial charge on any atom is -0.332 e. The maximum absolute atomic E-state index is 12.0. The molecule has 0 heterocycles. The third-order valence-corrected chi connectivity index (χ3v) is 4.52. The Labute approximate surface area is 153 Å². The van der Waals surface area contributed by atoms with Crippen molar-refractivity contribution in [3.05, 3.63) is 69.2 Å². The second-order valence-electron chi connectivity index (χ2n) is 5.23. The number of hydrazine groups is 1. The molecule has 0 aliphatic rings. The minimum absolute atomic E-state index is 0.0309. The van der Waals surface area contributed by atoms with Crippen LogP contribution in [0.3, 0.4) is 0 Å². The highest BCUT2D eigenvalue weighted by atomic mass is 79.9. The van der Waals surface area contributed by atoms with E-state index in [0.29, 0.717) is 15.1 Å². The van der Waals surface area contributed by atoms with E-state index in [1.165, 1.54) is 0 Å². The molecule has 0 aliphatic carbocycles. The summed E-state index contributed by atoms with van der Waals surface area (Å²) in [4.78, 5) is 23.9. The molecule has 0 aromatic heterocycles. The van der Waals surface area contributed by atoms with Gasteiger partial charge in [-0.15, -0.1) is 0 Å². The molecule has 0 unspecified atom stereocenters. The van der Waals surface area contributed by atoms with Crippen LogP contribution in [0.1, 0.15) is 28.9 Å². The van der Waals surface area contributed by atoms with Gasteiger partial charge in [-0.25, -0.2) is 0 Å². The molecule has 0 aliphatic heterocycles. The Morgan fingerprint density at radius 1 is 1.12 bits per heavy atom. The molecule has 0 bridgehead atoms. The van der Waals surface area contributed by atoms with Crippen molar-refractivity contribution in [1.82, 2.24) is 10.9 Å². The number of carbonyl (C=O) groups is 2. The Hall–Kier alpha value is -1.89. The Bertz CT molecular complexity index is 739. The van der Waals surface area contributed by atoms with Crippen LogP contribution in [-0.4, -0.2) is 18.4 Å². The van der Waals surface area contributed by atoms with Crippen LogP contribution >= 0.6 is 27.5 Å². The molecule has 0 saturated carbocycles. The van der Waals surface area contributed by atoms with Gasteiger partial charge in [0.05, 0.1) is 5.56 Å². The van der Waals surface area contributed by atoms with Gasteiger partial charge in [0, 0.05) is 15.1 Å². The number of nitrogens with one attached hydrogen (secondary N) is 2. The standard InChI is InChI=1S/C17H17BrClN3O2/c1-11(12-6-3-5-9-15(12)19)20-10-16(23)21-22-17(24)13-7-2-4-8-14(13)18/h2-9,11,20H,10H2,1H3,(H,21,23)(H,22,24)/p+1/t11-/m1/s1. The van der Waals surface area contributed by atoms with Crippen LogP contribution in [0.4, 0.5) is 0 Å². The van der Waals surface area contributed by atoms with Crippen molar-refractivity contribution in [2.75, 3.05) is 6.54 Å². The van der Waals surface area contributed by atoms with Crippen molar-refractivity contribution in [2.24, 2.45) is 0 Å². The predicted octanol–water partition coefficient (Wildman–Crippen LogP) is 2.19. The number of nitrogens with two attached hydrogens (primary N) is 1. The molecule has 1 atom stereocenters. The Balaban J connectivity index is 1.81. The van der Waals surface area contributed by atoms with Crippen molar-refractivity contribution in [2.45, 2.75) is 13.0 Å². The third kappa shape index (κ3) is 5.06. The molecule has 4 N–H and O–H groups in total. The predicted molar refractivity (Wildman–Crippen MR) is 96.4 cm³/mol. The van der Waals surface area contributed by atoms with E-state index >= 15 is 0 Å². The Morgan fingerprint density at radius 3 is 2.50 bits per heavy atom. The van der Waals surface area contributed by atoms with E-state index in [2.05, 4.69) is 26.8 Å². The van der Waals surface area contributed by atoms with Gasteiger partial charge in [0.2, 0.25) is 0 Å². The minimum atomic E-state index is -0.380. The maximum Gasteiger partial charge on any atom is 0.293 e. The van der Waals surface area contributed by atoms with Crippen LogP contribution in [-0.2, 0) is 4.79 Å². The highest BCUT2D eigenvalue weighted by Crippen LogP contribution is 2.19. The first-order valence-electron chi connectivity index (χ1n) is 7.40. The van der Waals surface area contributed by atoms with Gasteiger partial charge in [0.15, 0.2) is 6.54 Å². The van der Waals surface area contributed by atoms with Crippen LogP contribution in [0.5, 0.6) is 0 Å². The van der Waals surface area contributed by atoms with Gasteiger partial charge >= 0.3 is 0 Å². The number of amides is 2. The third-order valence-electron chi connectivity index (χ3n) is 3.49. The first-order chi connectivity index (χ1) is 11.5. The van der Waals surface area contributed by atoms with Crippen LogP contribution in [0, 0.1) is 0 Å². The second kappa shape index (κ2) is 8.82. The summed E-state index contributed by atoms with van der Waals surface area (Å²) in [5, 5.41) is 2.52. The number of benzene rings is 2. The lowest BCUT2D eigenvalue weighted by atomic mass is 10.1. The van der Waals surface area contributed by atoms with Crippen molar-refractivity contribution >= 4 is 39.3 Å². The van der Waals surface area contributed by atoms with Gasteiger partial charge in [-0.1, -0.05) is 41.9 Å². The zero-order valence-electron chi connectivity index (χ0n) is 13.1.